The second kappa shape index (κ2) is 5.59. The lowest BCUT2D eigenvalue weighted by atomic mass is 9.94. The second-order valence-electron chi connectivity index (χ2n) is 6.44. The Morgan fingerprint density at radius 3 is 2.95 bits per heavy atom. The number of piperidine rings is 1. The predicted molar refractivity (Wildman–Crippen MR) is 84.9 cm³/mol. The van der Waals surface area contributed by atoms with Crippen molar-refractivity contribution in [2.75, 3.05) is 13.1 Å². The van der Waals surface area contributed by atoms with Crippen molar-refractivity contribution < 1.29 is 4.79 Å². The van der Waals surface area contributed by atoms with Crippen LogP contribution in [0.25, 0.3) is 0 Å². The fourth-order valence-electron chi connectivity index (χ4n) is 3.80. The van der Waals surface area contributed by atoms with Crippen molar-refractivity contribution in [3.8, 4) is 0 Å². The second-order valence-corrected chi connectivity index (χ2v) is 6.44. The number of likely N-dealkylation sites (tertiary alicyclic amines) is 1. The maximum absolute atomic E-state index is 12.8. The highest BCUT2D eigenvalue weighted by atomic mass is 16.2. The number of aromatic amines is 1. The number of carbonyl (C=O) groups is 1. The Kier molecular flexibility index (Phi) is 3.45. The third kappa shape index (κ3) is 2.43. The minimum absolute atomic E-state index is 0.180. The number of aromatic nitrogens is 2. The first kappa shape index (κ1) is 13.6. The number of rotatable bonds is 2. The van der Waals surface area contributed by atoms with Gasteiger partial charge in [-0.05, 0) is 61.4 Å². The van der Waals surface area contributed by atoms with E-state index in [1.54, 1.807) is 6.20 Å². The van der Waals surface area contributed by atoms with Gasteiger partial charge in [0.25, 0.3) is 5.91 Å². The lowest BCUT2D eigenvalue weighted by Gasteiger charge is -2.32. The van der Waals surface area contributed by atoms with Crippen LogP contribution in [0.3, 0.4) is 0 Å². The van der Waals surface area contributed by atoms with Crippen molar-refractivity contribution in [2.45, 2.75) is 38.0 Å². The third-order valence-electron chi connectivity index (χ3n) is 5.02. The van der Waals surface area contributed by atoms with E-state index in [4.69, 9.17) is 0 Å². The summed E-state index contributed by atoms with van der Waals surface area (Å²) in [5, 5.41) is 7.09. The number of hydrogen-bond acceptors (Lipinski definition) is 2. The molecule has 22 heavy (non-hydrogen) atoms. The number of fused-ring (bicyclic) bond motifs is 1. The van der Waals surface area contributed by atoms with E-state index in [-0.39, 0.29) is 5.91 Å². The number of aryl methyl sites for hydroxylation is 2. The lowest BCUT2D eigenvalue weighted by molar-refractivity contribution is 0.0706. The molecular weight excluding hydrogens is 274 g/mol. The number of benzene rings is 1. The molecule has 0 unspecified atom stereocenters. The minimum atomic E-state index is 0.180. The average molecular weight is 295 g/mol. The van der Waals surface area contributed by atoms with Crippen molar-refractivity contribution in [3.05, 3.63) is 52.8 Å². The summed E-state index contributed by atoms with van der Waals surface area (Å²) in [7, 11) is 0. The van der Waals surface area contributed by atoms with Gasteiger partial charge in [0.05, 0.1) is 0 Å². The van der Waals surface area contributed by atoms with E-state index < -0.39 is 0 Å². The van der Waals surface area contributed by atoms with Crippen LogP contribution in [0.15, 0.2) is 30.5 Å². The zero-order chi connectivity index (χ0) is 14.9. The molecule has 1 aromatic carbocycles. The highest BCUT2D eigenvalue weighted by Gasteiger charge is 2.26. The number of hydrogen-bond donors (Lipinski definition) is 1. The van der Waals surface area contributed by atoms with Crippen LogP contribution in [-0.2, 0) is 12.8 Å². The zero-order valence-corrected chi connectivity index (χ0v) is 12.7. The monoisotopic (exact) mass is 295 g/mol. The average Bonchev–Trinajstić information content (AvgIpc) is 3.25. The maximum atomic E-state index is 12.8. The number of carbonyl (C=O) groups excluding carboxylic acids is 1. The molecule has 0 bridgehead atoms. The minimum Gasteiger partial charge on any atom is -0.338 e. The summed E-state index contributed by atoms with van der Waals surface area (Å²) in [6, 6.07) is 8.29. The van der Waals surface area contributed by atoms with Crippen molar-refractivity contribution in [3.63, 3.8) is 0 Å². The molecule has 1 saturated heterocycles. The quantitative estimate of drug-likeness (QED) is 0.926. The van der Waals surface area contributed by atoms with Gasteiger partial charge < -0.3 is 4.90 Å². The summed E-state index contributed by atoms with van der Waals surface area (Å²) >= 11 is 0. The Balaban J connectivity index is 1.52. The van der Waals surface area contributed by atoms with Gasteiger partial charge in [-0.3, -0.25) is 9.89 Å². The summed E-state index contributed by atoms with van der Waals surface area (Å²) in [6.45, 7) is 1.65. The van der Waals surface area contributed by atoms with Gasteiger partial charge in [-0.1, -0.05) is 6.07 Å². The molecule has 2 aliphatic rings. The van der Waals surface area contributed by atoms with Crippen molar-refractivity contribution in [1.82, 2.24) is 15.1 Å². The summed E-state index contributed by atoms with van der Waals surface area (Å²) in [5.41, 5.74) is 4.79. The van der Waals surface area contributed by atoms with Gasteiger partial charge in [0.15, 0.2) is 0 Å². The van der Waals surface area contributed by atoms with Crippen LogP contribution in [0.2, 0.25) is 0 Å². The Labute approximate surface area is 130 Å². The van der Waals surface area contributed by atoms with Gasteiger partial charge in [-0.25, -0.2) is 0 Å². The Bertz CT molecular complexity index is 678. The first-order chi connectivity index (χ1) is 10.8. The van der Waals surface area contributed by atoms with Gasteiger partial charge in [0.1, 0.15) is 0 Å². The van der Waals surface area contributed by atoms with E-state index in [1.165, 1.54) is 17.5 Å². The van der Waals surface area contributed by atoms with Crippen LogP contribution < -0.4 is 0 Å². The van der Waals surface area contributed by atoms with Gasteiger partial charge in [0.2, 0.25) is 0 Å². The molecule has 4 heteroatoms. The van der Waals surface area contributed by atoms with Gasteiger partial charge in [0, 0.05) is 36.5 Å². The van der Waals surface area contributed by atoms with E-state index in [0.717, 1.165) is 50.0 Å². The van der Waals surface area contributed by atoms with Gasteiger partial charge in [-0.2, -0.15) is 5.10 Å². The molecule has 1 amide bonds. The maximum Gasteiger partial charge on any atom is 0.253 e. The van der Waals surface area contributed by atoms with Crippen LogP contribution in [0.1, 0.15) is 52.4 Å². The molecule has 1 aliphatic carbocycles. The fraction of sp³-hybridized carbons (Fsp3) is 0.444. The summed E-state index contributed by atoms with van der Waals surface area (Å²) in [4.78, 5) is 14.8. The number of amides is 1. The highest BCUT2D eigenvalue weighted by molar-refractivity contribution is 5.94. The highest BCUT2D eigenvalue weighted by Crippen LogP contribution is 2.28. The SMILES string of the molecule is O=C(c1ccc2c(c1)CCC2)N1CCC[C@H](c2ccn[nH]2)C1. The normalized spacial score (nSPS) is 20.9. The van der Waals surface area contributed by atoms with Crippen LogP contribution in [0.5, 0.6) is 0 Å². The smallest absolute Gasteiger partial charge is 0.253 e. The number of nitrogens with zero attached hydrogens (tertiary/aromatic N) is 2. The molecule has 1 aromatic heterocycles. The molecule has 1 fully saturated rings. The van der Waals surface area contributed by atoms with Gasteiger partial charge in [-0.15, -0.1) is 0 Å². The summed E-state index contributed by atoms with van der Waals surface area (Å²) in [5.74, 6) is 0.563. The Hall–Kier alpha value is -2.10. The molecule has 4 nitrogen and oxygen atoms in total. The van der Waals surface area contributed by atoms with Crippen molar-refractivity contribution >= 4 is 5.91 Å². The molecule has 0 radical (unpaired) electrons. The molecule has 1 aliphatic heterocycles. The van der Waals surface area contributed by atoms with E-state index in [1.807, 2.05) is 17.0 Å². The molecule has 2 aromatic rings. The standard InChI is InChI=1S/C18H21N3O/c22-18(15-7-6-13-3-1-4-14(13)11-15)21-10-2-5-16(12-21)17-8-9-19-20-17/h6-9,11,16H,1-5,10,12H2,(H,19,20)/t16-/m0/s1. The molecule has 4 rings (SSSR count). The molecule has 2 heterocycles. The van der Waals surface area contributed by atoms with E-state index in [2.05, 4.69) is 22.3 Å². The van der Waals surface area contributed by atoms with Crippen LogP contribution in [0.4, 0.5) is 0 Å². The van der Waals surface area contributed by atoms with Crippen molar-refractivity contribution in [2.24, 2.45) is 0 Å². The molecule has 114 valence electrons. The summed E-state index contributed by atoms with van der Waals surface area (Å²) in [6.07, 6.45) is 7.47. The molecule has 0 spiro atoms. The van der Waals surface area contributed by atoms with Crippen LogP contribution >= 0.6 is 0 Å². The number of H-pyrrole nitrogens is 1. The summed E-state index contributed by atoms with van der Waals surface area (Å²) < 4.78 is 0. The van der Waals surface area contributed by atoms with E-state index >= 15 is 0 Å². The molecule has 1 atom stereocenters. The topological polar surface area (TPSA) is 49.0 Å². The van der Waals surface area contributed by atoms with Crippen molar-refractivity contribution in [1.29, 1.82) is 0 Å². The van der Waals surface area contributed by atoms with Crippen LogP contribution in [-0.4, -0.2) is 34.1 Å². The molecule has 1 N–H and O–H groups in total. The van der Waals surface area contributed by atoms with E-state index in [9.17, 15) is 4.79 Å². The number of nitrogens with one attached hydrogen (secondary N) is 1. The predicted octanol–water partition coefficient (Wildman–Crippen LogP) is 2.92. The van der Waals surface area contributed by atoms with Gasteiger partial charge >= 0.3 is 0 Å². The largest absolute Gasteiger partial charge is 0.338 e. The van der Waals surface area contributed by atoms with E-state index in [0.29, 0.717) is 5.92 Å². The molecule has 0 saturated carbocycles. The zero-order valence-electron chi connectivity index (χ0n) is 12.7. The first-order valence-corrected chi connectivity index (χ1v) is 8.21. The Morgan fingerprint density at radius 2 is 2.09 bits per heavy atom. The molecular formula is C18H21N3O. The van der Waals surface area contributed by atoms with Crippen LogP contribution in [0, 0.1) is 0 Å². The first-order valence-electron chi connectivity index (χ1n) is 8.21. The third-order valence-corrected chi connectivity index (χ3v) is 5.02. The fourth-order valence-corrected chi connectivity index (χ4v) is 3.80. The lowest BCUT2D eigenvalue weighted by Crippen LogP contribution is -2.39. The Morgan fingerprint density at radius 1 is 1.18 bits per heavy atom.